The summed E-state index contributed by atoms with van der Waals surface area (Å²) in [7, 11) is -16.7. The van der Waals surface area contributed by atoms with Crippen molar-refractivity contribution in [2.75, 3.05) is 6.61 Å². The van der Waals surface area contributed by atoms with Gasteiger partial charge in [0, 0.05) is 12.6 Å². The van der Waals surface area contributed by atoms with E-state index < -0.39 is 59.8 Å². The Kier molecular flexibility index (Phi) is 10.6. The van der Waals surface area contributed by atoms with Crippen molar-refractivity contribution in [2.24, 2.45) is 5.92 Å². The molecule has 0 spiro atoms. The van der Waals surface area contributed by atoms with Crippen molar-refractivity contribution in [3.05, 3.63) is 68.5 Å². The maximum absolute atomic E-state index is 12.5. The van der Waals surface area contributed by atoms with Gasteiger partial charge in [-0.05, 0) is 11.5 Å². The number of phosphoric acid groups is 3. The quantitative estimate of drug-likeness (QED) is 0.171. The molecule has 3 unspecified atom stereocenters. The van der Waals surface area contributed by atoms with E-state index in [1.165, 1.54) is 6.20 Å². The van der Waals surface area contributed by atoms with Crippen molar-refractivity contribution in [1.82, 2.24) is 9.55 Å². The standard InChI is InChI=1S/C20H29N2O15P3/c1-12(2)18(13-6-4-3-5-7-13)33-10-14-9-22(20(25)21-19(14)24)17-8-15(23)16(35-17)11-34-39(29,30)37-40(31,32)36-38(26,27)28/h3-7,9,12,15-18,23H,8,10-11H2,1-2H3,(H,29,30)(H,31,32)(H,21,24,25)(H2,26,27,28)/t15-,16+,17+,18?/m0/s1. The lowest BCUT2D eigenvalue weighted by atomic mass is 9.99. The van der Waals surface area contributed by atoms with E-state index in [0.717, 1.165) is 10.1 Å². The molecular weight excluding hydrogens is 601 g/mol. The number of aromatic amines is 1. The minimum Gasteiger partial charge on any atom is -0.390 e. The van der Waals surface area contributed by atoms with Gasteiger partial charge >= 0.3 is 29.2 Å². The Balaban J connectivity index is 1.68. The van der Waals surface area contributed by atoms with Crippen LogP contribution in [0.15, 0.2) is 46.1 Å². The van der Waals surface area contributed by atoms with E-state index in [1.807, 2.05) is 44.2 Å². The van der Waals surface area contributed by atoms with Gasteiger partial charge in [0.2, 0.25) is 0 Å². The number of nitrogens with one attached hydrogen (secondary N) is 1. The van der Waals surface area contributed by atoms with Crippen LogP contribution in [0.1, 0.15) is 43.7 Å². The second-order valence-corrected chi connectivity index (χ2v) is 13.4. The van der Waals surface area contributed by atoms with Crippen molar-refractivity contribution in [3.8, 4) is 0 Å². The Hall–Kier alpha value is -1.81. The fourth-order valence-corrected chi connectivity index (χ4v) is 6.88. The first-order chi connectivity index (χ1) is 18.5. The fourth-order valence-electron chi connectivity index (χ4n) is 3.85. The first kappa shape index (κ1) is 32.7. The fraction of sp³-hybridized carbons (Fsp3) is 0.500. The number of hydrogen-bond donors (Lipinski definition) is 6. The summed E-state index contributed by atoms with van der Waals surface area (Å²) in [5, 5.41) is 10.3. The van der Waals surface area contributed by atoms with Gasteiger partial charge in [-0.2, -0.15) is 8.62 Å². The highest BCUT2D eigenvalue weighted by Crippen LogP contribution is 2.66. The van der Waals surface area contributed by atoms with E-state index in [0.29, 0.717) is 0 Å². The molecule has 1 aromatic heterocycles. The largest absolute Gasteiger partial charge is 0.490 e. The number of phosphoric ester groups is 1. The molecule has 0 saturated carbocycles. The van der Waals surface area contributed by atoms with Crippen molar-refractivity contribution >= 4 is 23.5 Å². The highest BCUT2D eigenvalue weighted by Gasteiger charge is 2.43. The van der Waals surface area contributed by atoms with Crippen molar-refractivity contribution in [1.29, 1.82) is 0 Å². The molecule has 1 aromatic carbocycles. The predicted molar refractivity (Wildman–Crippen MR) is 134 cm³/mol. The molecule has 224 valence electrons. The monoisotopic (exact) mass is 630 g/mol. The van der Waals surface area contributed by atoms with Gasteiger partial charge in [0.1, 0.15) is 12.3 Å². The van der Waals surface area contributed by atoms with E-state index in [-0.39, 0.29) is 30.6 Å². The van der Waals surface area contributed by atoms with Crippen LogP contribution in [0.25, 0.3) is 0 Å². The molecule has 1 aliphatic rings. The molecule has 0 radical (unpaired) electrons. The van der Waals surface area contributed by atoms with Crippen LogP contribution in [-0.4, -0.2) is 53.0 Å². The predicted octanol–water partition coefficient (Wildman–Crippen LogP) is 1.44. The zero-order chi connectivity index (χ0) is 29.9. The summed E-state index contributed by atoms with van der Waals surface area (Å²) in [6, 6.07) is 9.32. The molecule has 2 heterocycles. The summed E-state index contributed by atoms with van der Waals surface area (Å²) < 4.78 is 58.3. The van der Waals surface area contributed by atoms with E-state index in [2.05, 4.69) is 18.1 Å². The number of aliphatic hydroxyl groups is 1. The third-order valence-electron chi connectivity index (χ3n) is 5.53. The highest BCUT2D eigenvalue weighted by molar-refractivity contribution is 7.66. The van der Waals surface area contributed by atoms with E-state index >= 15 is 0 Å². The topological polar surface area (TPSA) is 253 Å². The number of aliphatic hydroxyl groups excluding tert-OH is 1. The van der Waals surface area contributed by atoms with E-state index in [4.69, 9.17) is 19.3 Å². The molecule has 3 rings (SSSR count). The summed E-state index contributed by atoms with van der Waals surface area (Å²) in [6.45, 7) is 2.80. The van der Waals surface area contributed by atoms with Gasteiger partial charge in [-0.25, -0.2) is 18.5 Å². The summed E-state index contributed by atoms with van der Waals surface area (Å²) in [4.78, 5) is 63.0. The van der Waals surface area contributed by atoms with Gasteiger partial charge in [-0.3, -0.25) is 18.9 Å². The number of aromatic nitrogens is 2. The van der Waals surface area contributed by atoms with Gasteiger partial charge in [-0.15, -0.1) is 0 Å². The minimum absolute atomic E-state index is 0.0519. The SMILES string of the molecule is CC(C)C(OCc1cn([C@H]2C[C@H](O)[C@@H](COP(=O)(O)OP(=O)(O)OP(=O)(O)O)O2)c(=O)[nH]c1=O)c1ccccc1. The molecular formula is C20H29N2O15P3. The lowest BCUT2D eigenvalue weighted by Gasteiger charge is -2.22. The Labute approximate surface area is 226 Å². The van der Waals surface area contributed by atoms with Gasteiger partial charge in [-0.1, -0.05) is 44.2 Å². The molecule has 0 aliphatic carbocycles. The summed E-state index contributed by atoms with van der Waals surface area (Å²) in [5.41, 5.74) is -0.596. The molecule has 40 heavy (non-hydrogen) atoms. The molecule has 17 nitrogen and oxygen atoms in total. The van der Waals surface area contributed by atoms with Crippen LogP contribution in [0.5, 0.6) is 0 Å². The number of rotatable bonds is 13. The molecule has 20 heteroatoms. The Morgan fingerprint density at radius 2 is 1.70 bits per heavy atom. The molecule has 2 aromatic rings. The van der Waals surface area contributed by atoms with Crippen LogP contribution >= 0.6 is 23.5 Å². The van der Waals surface area contributed by atoms with Crippen molar-refractivity contribution in [3.63, 3.8) is 0 Å². The Morgan fingerprint density at radius 1 is 1.05 bits per heavy atom. The molecule has 1 aliphatic heterocycles. The van der Waals surface area contributed by atoms with Crippen LogP contribution < -0.4 is 11.2 Å². The minimum atomic E-state index is -5.72. The summed E-state index contributed by atoms with van der Waals surface area (Å²) >= 11 is 0. The van der Waals surface area contributed by atoms with Gasteiger partial charge in [0.25, 0.3) is 5.56 Å². The van der Waals surface area contributed by atoms with Crippen LogP contribution in [0.3, 0.4) is 0 Å². The molecule has 0 amide bonds. The third-order valence-corrected chi connectivity index (χ3v) is 9.33. The normalized spacial score (nSPS) is 23.6. The van der Waals surface area contributed by atoms with Crippen LogP contribution in [0, 0.1) is 5.92 Å². The average molecular weight is 630 g/mol. The van der Waals surface area contributed by atoms with Crippen LogP contribution in [0.2, 0.25) is 0 Å². The van der Waals surface area contributed by atoms with Crippen molar-refractivity contribution < 1.29 is 61.0 Å². The lowest BCUT2D eigenvalue weighted by Crippen LogP contribution is -2.34. The Bertz CT molecular complexity index is 1420. The molecule has 1 fully saturated rings. The Morgan fingerprint density at radius 3 is 2.30 bits per heavy atom. The van der Waals surface area contributed by atoms with E-state index in [9.17, 15) is 38.2 Å². The van der Waals surface area contributed by atoms with Gasteiger partial charge < -0.3 is 34.2 Å². The number of H-pyrrole nitrogens is 1. The van der Waals surface area contributed by atoms with Gasteiger partial charge in [0.05, 0.1) is 31.0 Å². The third kappa shape index (κ3) is 9.36. The number of hydrogen-bond acceptors (Lipinski definition) is 11. The smallest absolute Gasteiger partial charge is 0.390 e. The second-order valence-electron chi connectivity index (χ2n) is 9.03. The number of benzene rings is 1. The average Bonchev–Trinajstić information content (AvgIpc) is 3.17. The van der Waals surface area contributed by atoms with Crippen molar-refractivity contribution in [2.45, 2.75) is 51.4 Å². The second kappa shape index (κ2) is 13.0. The van der Waals surface area contributed by atoms with Crippen LogP contribution in [0.4, 0.5) is 0 Å². The van der Waals surface area contributed by atoms with E-state index in [1.54, 1.807) is 0 Å². The maximum atomic E-state index is 12.5. The van der Waals surface area contributed by atoms with Crippen LogP contribution in [-0.2, 0) is 42.9 Å². The highest BCUT2D eigenvalue weighted by atomic mass is 31.3. The first-order valence-electron chi connectivity index (χ1n) is 11.6. The summed E-state index contributed by atoms with van der Waals surface area (Å²) in [5.74, 6) is 0.0519. The van der Waals surface area contributed by atoms with Gasteiger partial charge in [0.15, 0.2) is 0 Å². The number of nitrogens with zero attached hydrogens (tertiary/aromatic N) is 1. The molecule has 6 N–H and O–H groups in total. The number of ether oxygens (including phenoxy) is 2. The zero-order valence-electron chi connectivity index (χ0n) is 21.1. The first-order valence-corrected chi connectivity index (χ1v) is 16.1. The maximum Gasteiger partial charge on any atom is 0.490 e. The molecule has 0 bridgehead atoms. The summed E-state index contributed by atoms with van der Waals surface area (Å²) in [6.07, 6.45) is -3.29. The zero-order valence-corrected chi connectivity index (χ0v) is 23.8. The molecule has 1 saturated heterocycles. The lowest BCUT2D eigenvalue weighted by molar-refractivity contribution is -0.0454. The molecule has 6 atom stereocenters.